The minimum atomic E-state index is 0.341. The number of nitrogens with zero attached hydrogens (tertiary/aromatic N) is 1. The molecule has 0 saturated carbocycles. The predicted octanol–water partition coefficient (Wildman–Crippen LogP) is 2.78. The molecular weight excluding hydrogens is 224 g/mol. The van der Waals surface area contributed by atoms with Crippen LogP contribution < -0.4 is 5.32 Å². The first-order chi connectivity index (χ1) is 8.72. The molecule has 1 saturated heterocycles. The van der Waals surface area contributed by atoms with Gasteiger partial charge in [-0.15, -0.1) is 0 Å². The smallest absolute Gasteiger partial charge is 0.0606 e. The van der Waals surface area contributed by atoms with Crippen LogP contribution in [0.25, 0.3) is 0 Å². The number of hydrogen-bond acceptors (Lipinski definition) is 3. The molecule has 1 aromatic rings. The van der Waals surface area contributed by atoms with Crippen molar-refractivity contribution in [2.24, 2.45) is 5.92 Å². The first kappa shape index (κ1) is 13.5. The van der Waals surface area contributed by atoms with Gasteiger partial charge in [-0.25, -0.2) is 0 Å². The van der Waals surface area contributed by atoms with Crippen LogP contribution in [0.4, 0.5) is 0 Å². The molecule has 1 aliphatic heterocycles. The highest BCUT2D eigenvalue weighted by atomic mass is 16.5. The maximum absolute atomic E-state index is 5.54. The fourth-order valence-electron chi connectivity index (χ4n) is 2.65. The molecule has 2 rings (SSSR count). The first-order valence-corrected chi connectivity index (χ1v) is 6.96. The number of pyridine rings is 1. The molecule has 1 aromatic heterocycles. The lowest BCUT2D eigenvalue weighted by atomic mass is 9.93. The van der Waals surface area contributed by atoms with Gasteiger partial charge in [-0.3, -0.25) is 4.98 Å². The van der Waals surface area contributed by atoms with E-state index in [1.807, 2.05) is 6.20 Å². The molecule has 3 heteroatoms. The van der Waals surface area contributed by atoms with E-state index in [0.717, 1.165) is 32.6 Å². The van der Waals surface area contributed by atoms with E-state index in [-0.39, 0.29) is 0 Å². The molecule has 2 atom stereocenters. The van der Waals surface area contributed by atoms with Gasteiger partial charge in [0.15, 0.2) is 0 Å². The summed E-state index contributed by atoms with van der Waals surface area (Å²) in [5.41, 5.74) is 3.72. The highest BCUT2D eigenvalue weighted by Crippen LogP contribution is 2.29. The molecule has 1 N–H and O–H groups in total. The zero-order valence-electron chi connectivity index (χ0n) is 11.7. The molecule has 0 amide bonds. The van der Waals surface area contributed by atoms with E-state index in [4.69, 9.17) is 4.74 Å². The molecule has 1 fully saturated rings. The number of aryl methyl sites for hydroxylation is 2. The highest BCUT2D eigenvalue weighted by Gasteiger charge is 2.28. The van der Waals surface area contributed by atoms with Crippen LogP contribution in [0.15, 0.2) is 12.3 Å². The van der Waals surface area contributed by atoms with Gasteiger partial charge in [0.2, 0.25) is 0 Å². The average Bonchev–Trinajstić information content (AvgIpc) is 2.85. The van der Waals surface area contributed by atoms with Crippen LogP contribution in [-0.2, 0) is 4.74 Å². The molecule has 1 aliphatic rings. The van der Waals surface area contributed by atoms with E-state index < -0.39 is 0 Å². The Kier molecular flexibility index (Phi) is 4.72. The maximum Gasteiger partial charge on any atom is 0.0606 e. The van der Waals surface area contributed by atoms with Gasteiger partial charge in [0.05, 0.1) is 18.3 Å². The SMILES string of the molecule is CCCNC(c1ncc(C)cc1C)C1CCOC1. The summed E-state index contributed by atoms with van der Waals surface area (Å²) in [6.07, 6.45) is 4.25. The zero-order chi connectivity index (χ0) is 13.0. The fourth-order valence-corrected chi connectivity index (χ4v) is 2.65. The third-order valence-corrected chi connectivity index (χ3v) is 3.60. The second kappa shape index (κ2) is 6.30. The summed E-state index contributed by atoms with van der Waals surface area (Å²) in [6.45, 7) is 9.24. The number of nitrogens with one attached hydrogen (secondary N) is 1. The van der Waals surface area contributed by atoms with Crippen molar-refractivity contribution in [2.75, 3.05) is 19.8 Å². The first-order valence-electron chi connectivity index (χ1n) is 6.96. The summed E-state index contributed by atoms with van der Waals surface area (Å²) in [7, 11) is 0. The quantitative estimate of drug-likeness (QED) is 0.870. The summed E-state index contributed by atoms with van der Waals surface area (Å²) in [5, 5.41) is 3.65. The summed E-state index contributed by atoms with van der Waals surface area (Å²) >= 11 is 0. The standard InChI is InChI=1S/C15H24N2O/c1-4-6-16-15(13-5-7-18-10-13)14-12(3)8-11(2)9-17-14/h8-9,13,15-16H,4-7,10H2,1-3H3. The third kappa shape index (κ3) is 3.09. The molecule has 0 aromatic carbocycles. The summed E-state index contributed by atoms with van der Waals surface area (Å²) in [4.78, 5) is 4.66. The number of ether oxygens (including phenoxy) is 1. The molecular formula is C15H24N2O. The minimum Gasteiger partial charge on any atom is -0.381 e. The molecule has 0 aliphatic carbocycles. The highest BCUT2D eigenvalue weighted by molar-refractivity contribution is 5.26. The van der Waals surface area contributed by atoms with E-state index >= 15 is 0 Å². The maximum atomic E-state index is 5.54. The molecule has 0 spiro atoms. The number of hydrogen-bond donors (Lipinski definition) is 1. The summed E-state index contributed by atoms with van der Waals surface area (Å²) in [6, 6.07) is 2.56. The van der Waals surface area contributed by atoms with Crippen molar-refractivity contribution in [3.05, 3.63) is 29.1 Å². The lowest BCUT2D eigenvalue weighted by Crippen LogP contribution is -2.30. The lowest BCUT2D eigenvalue weighted by Gasteiger charge is -2.25. The van der Waals surface area contributed by atoms with Gasteiger partial charge >= 0.3 is 0 Å². The van der Waals surface area contributed by atoms with Gasteiger partial charge in [0.25, 0.3) is 0 Å². The molecule has 2 heterocycles. The second-order valence-corrected chi connectivity index (χ2v) is 5.27. The van der Waals surface area contributed by atoms with Crippen molar-refractivity contribution in [3.8, 4) is 0 Å². The Morgan fingerprint density at radius 1 is 1.50 bits per heavy atom. The van der Waals surface area contributed by atoms with Crippen LogP contribution in [-0.4, -0.2) is 24.7 Å². The molecule has 0 radical (unpaired) electrons. The molecule has 100 valence electrons. The Hall–Kier alpha value is -0.930. The monoisotopic (exact) mass is 248 g/mol. The Morgan fingerprint density at radius 3 is 2.94 bits per heavy atom. The van der Waals surface area contributed by atoms with Gasteiger partial charge in [-0.2, -0.15) is 0 Å². The van der Waals surface area contributed by atoms with Gasteiger partial charge < -0.3 is 10.1 Å². The largest absolute Gasteiger partial charge is 0.381 e. The van der Waals surface area contributed by atoms with E-state index in [1.54, 1.807) is 0 Å². The normalized spacial score (nSPS) is 21.2. The van der Waals surface area contributed by atoms with E-state index in [9.17, 15) is 0 Å². The van der Waals surface area contributed by atoms with Crippen LogP contribution in [0.1, 0.15) is 42.6 Å². The fraction of sp³-hybridized carbons (Fsp3) is 0.667. The molecule has 18 heavy (non-hydrogen) atoms. The van der Waals surface area contributed by atoms with Crippen molar-refractivity contribution < 1.29 is 4.74 Å². The van der Waals surface area contributed by atoms with Crippen LogP contribution in [0, 0.1) is 19.8 Å². The molecule has 2 unspecified atom stereocenters. The summed E-state index contributed by atoms with van der Waals surface area (Å²) < 4.78 is 5.54. The Morgan fingerprint density at radius 2 is 2.33 bits per heavy atom. The van der Waals surface area contributed by atoms with Gasteiger partial charge in [-0.1, -0.05) is 13.0 Å². The Bertz CT molecular complexity index is 386. The lowest BCUT2D eigenvalue weighted by molar-refractivity contribution is 0.176. The van der Waals surface area contributed by atoms with Crippen molar-refractivity contribution in [1.82, 2.24) is 10.3 Å². The Balaban J connectivity index is 2.20. The Labute approximate surface area is 110 Å². The van der Waals surface area contributed by atoms with Gasteiger partial charge in [-0.05, 0) is 44.4 Å². The number of aromatic nitrogens is 1. The van der Waals surface area contributed by atoms with Crippen molar-refractivity contribution >= 4 is 0 Å². The third-order valence-electron chi connectivity index (χ3n) is 3.60. The van der Waals surface area contributed by atoms with Crippen LogP contribution in [0.2, 0.25) is 0 Å². The van der Waals surface area contributed by atoms with Crippen molar-refractivity contribution in [1.29, 1.82) is 0 Å². The van der Waals surface area contributed by atoms with E-state index in [0.29, 0.717) is 12.0 Å². The minimum absolute atomic E-state index is 0.341. The van der Waals surface area contributed by atoms with Crippen LogP contribution in [0.3, 0.4) is 0 Å². The topological polar surface area (TPSA) is 34.2 Å². The van der Waals surface area contributed by atoms with Crippen molar-refractivity contribution in [2.45, 2.75) is 39.7 Å². The van der Waals surface area contributed by atoms with E-state index in [1.165, 1.54) is 16.8 Å². The summed E-state index contributed by atoms with van der Waals surface area (Å²) in [5.74, 6) is 0.561. The molecule has 3 nitrogen and oxygen atoms in total. The van der Waals surface area contributed by atoms with Crippen molar-refractivity contribution in [3.63, 3.8) is 0 Å². The van der Waals surface area contributed by atoms with Gasteiger partial charge in [0, 0.05) is 18.7 Å². The van der Waals surface area contributed by atoms with Crippen LogP contribution in [0.5, 0.6) is 0 Å². The van der Waals surface area contributed by atoms with Crippen LogP contribution >= 0.6 is 0 Å². The molecule has 0 bridgehead atoms. The zero-order valence-corrected chi connectivity index (χ0v) is 11.7. The van der Waals surface area contributed by atoms with Gasteiger partial charge in [0.1, 0.15) is 0 Å². The predicted molar refractivity (Wildman–Crippen MR) is 73.7 cm³/mol. The second-order valence-electron chi connectivity index (χ2n) is 5.27. The average molecular weight is 248 g/mol. The van der Waals surface area contributed by atoms with E-state index in [2.05, 4.69) is 37.1 Å². The number of rotatable bonds is 5.